The smallest absolute Gasteiger partial charge is 0.307 e. The summed E-state index contributed by atoms with van der Waals surface area (Å²) in [6, 6.07) is 15.2. The van der Waals surface area contributed by atoms with Crippen molar-refractivity contribution >= 4 is 35.1 Å². The monoisotopic (exact) mass is 531 g/mol. The minimum Gasteiger partial charge on any atom is -0.464 e. The van der Waals surface area contributed by atoms with Crippen LogP contribution in [0.25, 0.3) is 0 Å². The van der Waals surface area contributed by atoms with Crippen LogP contribution in [0, 0.1) is 5.41 Å². The van der Waals surface area contributed by atoms with Crippen LogP contribution in [0.2, 0.25) is 10.0 Å². The summed E-state index contributed by atoms with van der Waals surface area (Å²) in [6.45, 7) is 5.81. The number of benzene rings is 2. The molecule has 4 rings (SSSR count). The van der Waals surface area contributed by atoms with Crippen molar-refractivity contribution in [1.82, 2.24) is 4.90 Å². The number of carbonyl (C=O) groups excluding carboxylic acids is 2. The van der Waals surface area contributed by atoms with E-state index in [1.807, 2.05) is 67.3 Å². The maximum Gasteiger partial charge on any atom is 0.307 e. The van der Waals surface area contributed by atoms with Crippen molar-refractivity contribution in [3.8, 4) is 0 Å². The third kappa shape index (κ3) is 5.74. The van der Waals surface area contributed by atoms with Gasteiger partial charge in [-0.25, -0.2) is 0 Å². The predicted octanol–water partition coefficient (Wildman–Crippen LogP) is 6.70. The number of piperidine rings is 1. The molecule has 0 aromatic heterocycles. The van der Waals surface area contributed by atoms with Crippen LogP contribution in [0.1, 0.15) is 82.4 Å². The Hall–Kier alpha value is -2.08. The van der Waals surface area contributed by atoms with Crippen LogP contribution in [0.4, 0.5) is 0 Å². The summed E-state index contributed by atoms with van der Waals surface area (Å²) in [5.74, 6) is -0.435. The second kappa shape index (κ2) is 10.7. The standard InChI is InChI=1S/C29H35Cl2NO4/c1-4-23(9-6-14-28(2,3)35)32-26(19-10-12-21(30)13-11-19)24(20-7-5-8-22(31)15-20)16-29(27(32)34)17-25(33)36-18-29/h5,7-8,10-13,15,23-24,26,35H,4,6,9,14,16-18H2,1-3H3. The first-order valence-electron chi connectivity index (χ1n) is 12.7. The molecule has 0 aliphatic carbocycles. The number of rotatable bonds is 8. The molecule has 1 amide bonds. The number of aliphatic hydroxyl groups is 1. The van der Waals surface area contributed by atoms with Gasteiger partial charge in [-0.1, -0.05) is 54.4 Å². The first-order valence-corrected chi connectivity index (χ1v) is 13.5. The Morgan fingerprint density at radius 1 is 1.11 bits per heavy atom. The fraction of sp³-hybridized carbons (Fsp3) is 0.517. The van der Waals surface area contributed by atoms with Crippen molar-refractivity contribution in [2.24, 2.45) is 5.41 Å². The van der Waals surface area contributed by atoms with Gasteiger partial charge in [-0.05, 0) is 81.3 Å². The Morgan fingerprint density at radius 2 is 1.83 bits per heavy atom. The maximum atomic E-state index is 14.3. The fourth-order valence-electron chi connectivity index (χ4n) is 5.87. The van der Waals surface area contributed by atoms with Gasteiger partial charge < -0.3 is 14.7 Å². The van der Waals surface area contributed by atoms with Crippen molar-refractivity contribution in [2.75, 3.05) is 6.61 Å². The van der Waals surface area contributed by atoms with Crippen LogP contribution in [-0.4, -0.2) is 40.1 Å². The summed E-state index contributed by atoms with van der Waals surface area (Å²) in [5.41, 5.74) is 0.371. The van der Waals surface area contributed by atoms with E-state index in [2.05, 4.69) is 6.92 Å². The Kier molecular flexibility index (Phi) is 8.04. The number of likely N-dealkylation sites (tertiary alicyclic amines) is 1. The largest absolute Gasteiger partial charge is 0.464 e. The molecule has 1 N–H and O–H groups in total. The van der Waals surface area contributed by atoms with Crippen LogP contribution in [0.3, 0.4) is 0 Å². The Labute approximate surface area is 223 Å². The van der Waals surface area contributed by atoms with E-state index in [0.29, 0.717) is 22.9 Å². The van der Waals surface area contributed by atoms with Gasteiger partial charge in [0.2, 0.25) is 5.91 Å². The van der Waals surface area contributed by atoms with Crippen molar-refractivity contribution in [2.45, 2.75) is 82.9 Å². The molecule has 7 heteroatoms. The lowest BCUT2D eigenvalue weighted by Crippen LogP contribution is -2.56. The number of nitrogens with zero attached hydrogens (tertiary/aromatic N) is 1. The molecule has 0 bridgehead atoms. The molecule has 1 spiro atoms. The summed E-state index contributed by atoms with van der Waals surface area (Å²) in [5, 5.41) is 11.5. The third-order valence-corrected chi connectivity index (χ3v) is 8.14. The Balaban J connectivity index is 1.82. The molecule has 4 unspecified atom stereocenters. The van der Waals surface area contributed by atoms with Crippen LogP contribution in [-0.2, 0) is 14.3 Å². The zero-order chi connectivity index (χ0) is 26.1. The number of hydrogen-bond acceptors (Lipinski definition) is 4. The van der Waals surface area contributed by atoms with Crippen LogP contribution in [0.15, 0.2) is 48.5 Å². The molecule has 36 heavy (non-hydrogen) atoms. The number of cyclic esters (lactones) is 1. The van der Waals surface area contributed by atoms with E-state index < -0.39 is 11.0 Å². The molecule has 2 aliphatic rings. The van der Waals surface area contributed by atoms with Gasteiger partial charge in [0.25, 0.3) is 0 Å². The summed E-state index contributed by atoms with van der Waals surface area (Å²) in [6.07, 6.45) is 3.53. The Bertz CT molecular complexity index is 1100. The van der Waals surface area contributed by atoms with Crippen LogP contribution < -0.4 is 0 Å². The molecule has 2 aromatic rings. The number of esters is 1. The van der Waals surface area contributed by atoms with E-state index in [4.69, 9.17) is 27.9 Å². The van der Waals surface area contributed by atoms with Crippen molar-refractivity contribution in [3.63, 3.8) is 0 Å². The molecule has 194 valence electrons. The highest BCUT2D eigenvalue weighted by Gasteiger charge is 2.57. The van der Waals surface area contributed by atoms with Crippen LogP contribution in [0.5, 0.6) is 0 Å². The summed E-state index contributed by atoms with van der Waals surface area (Å²) in [7, 11) is 0. The minimum atomic E-state index is -0.892. The normalized spacial score (nSPS) is 25.3. The molecule has 2 aromatic carbocycles. The van der Waals surface area contributed by atoms with Gasteiger partial charge in [0, 0.05) is 22.0 Å². The number of ether oxygens (including phenoxy) is 1. The van der Waals surface area contributed by atoms with Gasteiger partial charge in [0.05, 0.1) is 23.5 Å². The van der Waals surface area contributed by atoms with Crippen molar-refractivity contribution < 1.29 is 19.4 Å². The van der Waals surface area contributed by atoms with Gasteiger partial charge in [-0.3, -0.25) is 9.59 Å². The molecule has 4 atom stereocenters. The lowest BCUT2D eigenvalue weighted by molar-refractivity contribution is -0.156. The second-order valence-electron chi connectivity index (χ2n) is 11.0. The highest BCUT2D eigenvalue weighted by molar-refractivity contribution is 6.30. The van der Waals surface area contributed by atoms with Gasteiger partial charge in [-0.15, -0.1) is 0 Å². The van der Waals surface area contributed by atoms with E-state index in [1.54, 1.807) is 0 Å². The van der Waals surface area contributed by atoms with Gasteiger partial charge >= 0.3 is 5.97 Å². The van der Waals surface area contributed by atoms with Crippen molar-refractivity contribution in [1.29, 1.82) is 0 Å². The maximum absolute atomic E-state index is 14.3. The summed E-state index contributed by atoms with van der Waals surface area (Å²) >= 11 is 12.6. The first-order chi connectivity index (χ1) is 17.0. The first kappa shape index (κ1) is 27.0. The van der Waals surface area contributed by atoms with E-state index in [0.717, 1.165) is 30.4 Å². The minimum absolute atomic E-state index is 0.0262. The number of carbonyl (C=O) groups is 2. The zero-order valence-corrected chi connectivity index (χ0v) is 22.7. The van der Waals surface area contributed by atoms with E-state index in [-0.39, 0.29) is 42.9 Å². The number of hydrogen-bond donors (Lipinski definition) is 1. The molecular weight excluding hydrogens is 497 g/mol. The quantitative estimate of drug-likeness (QED) is 0.384. The summed E-state index contributed by atoms with van der Waals surface area (Å²) in [4.78, 5) is 28.7. The van der Waals surface area contributed by atoms with Gasteiger partial charge in [0.1, 0.15) is 6.61 Å². The Morgan fingerprint density at radius 3 is 2.42 bits per heavy atom. The second-order valence-corrected chi connectivity index (χ2v) is 11.8. The lowest BCUT2D eigenvalue weighted by atomic mass is 9.67. The van der Waals surface area contributed by atoms with Gasteiger partial charge in [-0.2, -0.15) is 0 Å². The van der Waals surface area contributed by atoms with E-state index >= 15 is 0 Å². The molecule has 0 radical (unpaired) electrons. The molecule has 0 saturated carbocycles. The zero-order valence-electron chi connectivity index (χ0n) is 21.2. The third-order valence-electron chi connectivity index (χ3n) is 7.65. The number of amides is 1. The van der Waals surface area contributed by atoms with E-state index in [9.17, 15) is 14.7 Å². The molecular formula is C29H35Cl2NO4. The van der Waals surface area contributed by atoms with Crippen LogP contribution >= 0.6 is 23.2 Å². The fourth-order valence-corrected chi connectivity index (χ4v) is 6.20. The molecule has 2 saturated heterocycles. The average molecular weight is 533 g/mol. The highest BCUT2D eigenvalue weighted by Crippen LogP contribution is 2.54. The average Bonchev–Trinajstić information content (AvgIpc) is 3.20. The number of halogens is 2. The van der Waals surface area contributed by atoms with Gasteiger partial charge in [0.15, 0.2) is 0 Å². The molecule has 2 aliphatic heterocycles. The molecule has 5 nitrogen and oxygen atoms in total. The van der Waals surface area contributed by atoms with E-state index in [1.165, 1.54) is 0 Å². The van der Waals surface area contributed by atoms with Crippen molar-refractivity contribution in [3.05, 3.63) is 69.7 Å². The predicted molar refractivity (Wildman–Crippen MR) is 142 cm³/mol. The topological polar surface area (TPSA) is 66.8 Å². The SMILES string of the molecule is CCC(CCCC(C)(C)O)N1C(=O)C2(COC(=O)C2)CC(c2cccc(Cl)c2)C1c1ccc(Cl)cc1. The lowest BCUT2D eigenvalue weighted by Gasteiger charge is -2.51. The highest BCUT2D eigenvalue weighted by atomic mass is 35.5. The molecule has 2 heterocycles. The molecule has 2 fully saturated rings. The summed E-state index contributed by atoms with van der Waals surface area (Å²) < 4.78 is 5.41.